The van der Waals surface area contributed by atoms with Crippen LogP contribution in [0.2, 0.25) is 0 Å². The lowest BCUT2D eigenvalue weighted by Crippen LogP contribution is -2.25. The summed E-state index contributed by atoms with van der Waals surface area (Å²) in [5.41, 5.74) is 1.71. The number of aromatic nitrogens is 1. The highest BCUT2D eigenvalue weighted by Gasteiger charge is 2.36. The van der Waals surface area contributed by atoms with Crippen molar-refractivity contribution in [3.8, 4) is 0 Å². The zero-order valence-corrected chi connectivity index (χ0v) is 13.7. The second-order valence-corrected chi connectivity index (χ2v) is 6.84. The molecule has 4 heteroatoms. The van der Waals surface area contributed by atoms with Gasteiger partial charge in [0, 0.05) is 24.0 Å². The van der Waals surface area contributed by atoms with E-state index < -0.39 is 0 Å². The number of anilines is 1. The molecule has 0 aromatic carbocycles. The SMILES string of the molecule is CCC1(CC)CCN(c2nc(C)c(C(C)NC)s2)C1. The van der Waals surface area contributed by atoms with Crippen molar-refractivity contribution < 1.29 is 0 Å². The largest absolute Gasteiger partial charge is 0.348 e. The predicted molar refractivity (Wildman–Crippen MR) is 84.2 cm³/mol. The van der Waals surface area contributed by atoms with Crippen LogP contribution in [0, 0.1) is 12.3 Å². The molecule has 1 unspecified atom stereocenters. The Morgan fingerprint density at radius 2 is 2.11 bits per heavy atom. The average Bonchev–Trinajstić information content (AvgIpc) is 3.02. The van der Waals surface area contributed by atoms with Crippen LogP contribution in [0.5, 0.6) is 0 Å². The molecule has 1 saturated heterocycles. The molecule has 19 heavy (non-hydrogen) atoms. The van der Waals surface area contributed by atoms with Crippen LogP contribution in [0.3, 0.4) is 0 Å². The topological polar surface area (TPSA) is 28.2 Å². The first-order valence-electron chi connectivity index (χ1n) is 7.44. The first kappa shape index (κ1) is 14.8. The smallest absolute Gasteiger partial charge is 0.185 e. The molecule has 0 spiro atoms. The van der Waals surface area contributed by atoms with E-state index >= 15 is 0 Å². The summed E-state index contributed by atoms with van der Waals surface area (Å²) in [6.45, 7) is 11.3. The second kappa shape index (κ2) is 5.80. The maximum Gasteiger partial charge on any atom is 0.185 e. The fourth-order valence-electron chi connectivity index (χ4n) is 2.99. The molecule has 1 aromatic rings. The van der Waals surface area contributed by atoms with Gasteiger partial charge in [0.1, 0.15) is 0 Å². The van der Waals surface area contributed by atoms with E-state index in [1.165, 1.54) is 48.1 Å². The Kier molecular flexibility index (Phi) is 4.51. The van der Waals surface area contributed by atoms with Crippen molar-refractivity contribution >= 4 is 16.5 Å². The molecule has 108 valence electrons. The minimum Gasteiger partial charge on any atom is -0.348 e. The van der Waals surface area contributed by atoms with Gasteiger partial charge in [0.25, 0.3) is 0 Å². The van der Waals surface area contributed by atoms with E-state index in [4.69, 9.17) is 4.98 Å². The third-order valence-electron chi connectivity index (χ3n) is 4.86. The summed E-state index contributed by atoms with van der Waals surface area (Å²) in [5, 5.41) is 4.54. The predicted octanol–water partition coefficient (Wildman–Crippen LogP) is 3.75. The van der Waals surface area contributed by atoms with Gasteiger partial charge >= 0.3 is 0 Å². The van der Waals surface area contributed by atoms with E-state index in [0.29, 0.717) is 11.5 Å². The average molecular weight is 281 g/mol. The van der Waals surface area contributed by atoms with E-state index in [2.05, 4.69) is 37.9 Å². The van der Waals surface area contributed by atoms with E-state index in [-0.39, 0.29) is 0 Å². The minimum absolute atomic E-state index is 0.399. The Morgan fingerprint density at radius 1 is 1.42 bits per heavy atom. The molecule has 1 aromatic heterocycles. The van der Waals surface area contributed by atoms with Crippen LogP contribution in [-0.4, -0.2) is 25.1 Å². The fourth-order valence-corrected chi connectivity index (χ4v) is 4.14. The zero-order valence-electron chi connectivity index (χ0n) is 12.9. The van der Waals surface area contributed by atoms with Crippen LogP contribution < -0.4 is 10.2 Å². The summed E-state index contributed by atoms with van der Waals surface area (Å²) in [6, 6.07) is 0.399. The van der Waals surface area contributed by atoms with Gasteiger partial charge in [0.2, 0.25) is 0 Å². The quantitative estimate of drug-likeness (QED) is 0.891. The zero-order chi connectivity index (χ0) is 14.0. The van der Waals surface area contributed by atoms with Gasteiger partial charge in [-0.2, -0.15) is 0 Å². The summed E-state index contributed by atoms with van der Waals surface area (Å²) < 4.78 is 0. The summed E-state index contributed by atoms with van der Waals surface area (Å²) in [5.74, 6) is 0. The summed E-state index contributed by atoms with van der Waals surface area (Å²) in [7, 11) is 2.01. The third-order valence-corrected chi connectivity index (χ3v) is 6.26. The Hall–Kier alpha value is -0.610. The molecule has 1 aliphatic heterocycles. The van der Waals surface area contributed by atoms with Crippen molar-refractivity contribution in [3.63, 3.8) is 0 Å². The van der Waals surface area contributed by atoms with E-state index in [0.717, 1.165) is 0 Å². The summed E-state index contributed by atoms with van der Waals surface area (Å²) in [4.78, 5) is 8.67. The van der Waals surface area contributed by atoms with Crippen LogP contribution in [0.15, 0.2) is 0 Å². The van der Waals surface area contributed by atoms with E-state index in [1.54, 1.807) is 0 Å². The van der Waals surface area contributed by atoms with Crippen LogP contribution in [0.1, 0.15) is 56.6 Å². The number of nitrogens with one attached hydrogen (secondary N) is 1. The first-order valence-corrected chi connectivity index (χ1v) is 8.26. The van der Waals surface area contributed by atoms with Crippen molar-refractivity contribution in [2.75, 3.05) is 25.0 Å². The molecule has 1 atom stereocenters. The fraction of sp³-hybridized carbons (Fsp3) is 0.800. The molecule has 0 radical (unpaired) electrons. The second-order valence-electron chi connectivity index (χ2n) is 5.84. The maximum atomic E-state index is 4.80. The first-order chi connectivity index (χ1) is 9.05. The molecule has 0 amide bonds. The van der Waals surface area contributed by atoms with Crippen molar-refractivity contribution in [2.24, 2.45) is 5.41 Å². The van der Waals surface area contributed by atoms with Crippen LogP contribution in [0.4, 0.5) is 5.13 Å². The van der Waals surface area contributed by atoms with Gasteiger partial charge in [-0.1, -0.05) is 13.8 Å². The molecule has 1 aliphatic rings. The minimum atomic E-state index is 0.399. The molecule has 0 aliphatic carbocycles. The lowest BCUT2D eigenvalue weighted by Gasteiger charge is -2.26. The molecule has 3 nitrogen and oxygen atoms in total. The van der Waals surface area contributed by atoms with Crippen molar-refractivity contribution in [2.45, 2.75) is 53.0 Å². The lowest BCUT2D eigenvalue weighted by atomic mass is 9.82. The van der Waals surface area contributed by atoms with Crippen molar-refractivity contribution in [3.05, 3.63) is 10.6 Å². The van der Waals surface area contributed by atoms with Gasteiger partial charge in [-0.15, -0.1) is 11.3 Å². The number of hydrogen-bond donors (Lipinski definition) is 1. The van der Waals surface area contributed by atoms with Crippen molar-refractivity contribution in [1.82, 2.24) is 10.3 Å². The molecule has 1 N–H and O–H groups in total. The van der Waals surface area contributed by atoms with Crippen LogP contribution in [0.25, 0.3) is 0 Å². The Bertz CT molecular complexity index is 423. The van der Waals surface area contributed by atoms with Crippen molar-refractivity contribution in [1.29, 1.82) is 0 Å². The lowest BCUT2D eigenvalue weighted by molar-refractivity contribution is 0.301. The molecular weight excluding hydrogens is 254 g/mol. The molecule has 1 fully saturated rings. The monoisotopic (exact) mass is 281 g/mol. The Morgan fingerprint density at radius 3 is 2.63 bits per heavy atom. The summed E-state index contributed by atoms with van der Waals surface area (Å²) >= 11 is 1.86. The number of hydrogen-bond acceptors (Lipinski definition) is 4. The highest BCUT2D eigenvalue weighted by molar-refractivity contribution is 7.15. The van der Waals surface area contributed by atoms with E-state index in [9.17, 15) is 0 Å². The highest BCUT2D eigenvalue weighted by atomic mass is 32.1. The summed E-state index contributed by atoms with van der Waals surface area (Å²) in [6.07, 6.45) is 3.88. The van der Waals surface area contributed by atoms with Gasteiger partial charge < -0.3 is 10.2 Å². The number of thiazole rings is 1. The Balaban J connectivity index is 2.16. The normalized spacial score (nSPS) is 19.9. The van der Waals surface area contributed by atoms with Gasteiger partial charge in [0.05, 0.1) is 5.69 Å². The maximum absolute atomic E-state index is 4.80. The van der Waals surface area contributed by atoms with Gasteiger partial charge in [0.15, 0.2) is 5.13 Å². The van der Waals surface area contributed by atoms with Crippen LogP contribution in [-0.2, 0) is 0 Å². The van der Waals surface area contributed by atoms with E-state index in [1.807, 2.05) is 18.4 Å². The Labute approximate surface area is 121 Å². The van der Waals surface area contributed by atoms with Crippen LogP contribution >= 0.6 is 11.3 Å². The van der Waals surface area contributed by atoms with Gasteiger partial charge in [-0.3, -0.25) is 0 Å². The molecule has 2 heterocycles. The standard InChI is InChI=1S/C15H27N3S/c1-6-15(7-2)8-9-18(10-15)14-17-12(4)13(19-14)11(3)16-5/h11,16H,6-10H2,1-5H3. The number of nitrogens with zero attached hydrogens (tertiary/aromatic N) is 2. The van der Waals surface area contributed by atoms with Gasteiger partial charge in [-0.25, -0.2) is 4.98 Å². The van der Waals surface area contributed by atoms with Gasteiger partial charge in [-0.05, 0) is 45.6 Å². The third kappa shape index (κ3) is 2.79. The molecule has 2 rings (SSSR count). The molecule has 0 saturated carbocycles. The molecule has 0 bridgehead atoms. The highest BCUT2D eigenvalue weighted by Crippen LogP contribution is 2.41. The number of rotatable bonds is 5. The number of aryl methyl sites for hydroxylation is 1. The molecular formula is C15H27N3S.